The molecule has 0 radical (unpaired) electrons. The maximum atomic E-state index is 12.4. The highest BCUT2D eigenvalue weighted by atomic mass is 16.2. The number of carbonyl (C=O) groups is 1. The second kappa shape index (κ2) is 10.6. The zero-order chi connectivity index (χ0) is 16.4. The Hall–Kier alpha value is -1.05. The first-order valence-electron chi connectivity index (χ1n) is 8.35. The van der Waals surface area contributed by atoms with Crippen molar-refractivity contribution in [1.82, 2.24) is 4.90 Å². The Morgan fingerprint density at radius 1 is 1.10 bits per heavy atom. The topological polar surface area (TPSA) is 20.3 Å². The molecule has 0 aromatic rings. The quantitative estimate of drug-likeness (QED) is 0.534. The van der Waals surface area contributed by atoms with Crippen molar-refractivity contribution in [3.63, 3.8) is 0 Å². The number of nitrogens with zero attached hydrogens (tertiary/aromatic N) is 1. The summed E-state index contributed by atoms with van der Waals surface area (Å²) in [4.78, 5) is 14.4. The Balaban J connectivity index is 4.59. The molecule has 0 aromatic heterocycles. The van der Waals surface area contributed by atoms with E-state index in [1.807, 2.05) is 11.8 Å². The molecule has 0 saturated carbocycles. The van der Waals surface area contributed by atoms with Gasteiger partial charge >= 0.3 is 0 Å². The molecular formula is C19H35NO. The van der Waals surface area contributed by atoms with Gasteiger partial charge in [-0.1, -0.05) is 51.0 Å². The maximum Gasteiger partial charge on any atom is 0.225 e. The molecule has 1 amide bonds. The number of rotatable bonds is 9. The fourth-order valence-corrected chi connectivity index (χ4v) is 2.14. The van der Waals surface area contributed by atoms with E-state index in [1.54, 1.807) is 0 Å². The summed E-state index contributed by atoms with van der Waals surface area (Å²) in [7, 11) is 0. The van der Waals surface area contributed by atoms with Crippen molar-refractivity contribution < 1.29 is 4.79 Å². The van der Waals surface area contributed by atoms with Gasteiger partial charge in [-0.05, 0) is 46.0 Å². The summed E-state index contributed by atoms with van der Waals surface area (Å²) in [6.07, 6.45) is 7.58. The van der Waals surface area contributed by atoms with Crippen molar-refractivity contribution in [3.8, 4) is 0 Å². The first kappa shape index (κ1) is 19.9. The fourth-order valence-electron chi connectivity index (χ4n) is 2.14. The summed E-state index contributed by atoms with van der Waals surface area (Å²) >= 11 is 0. The smallest absolute Gasteiger partial charge is 0.225 e. The normalized spacial score (nSPS) is 13.2. The van der Waals surface area contributed by atoms with Crippen molar-refractivity contribution in [1.29, 1.82) is 0 Å². The summed E-state index contributed by atoms with van der Waals surface area (Å²) in [5.41, 5.74) is 2.74. The molecule has 0 heterocycles. The van der Waals surface area contributed by atoms with Gasteiger partial charge in [0.15, 0.2) is 0 Å². The monoisotopic (exact) mass is 293 g/mol. The fraction of sp³-hybridized carbons (Fsp3) is 0.737. The predicted molar refractivity (Wildman–Crippen MR) is 93.3 cm³/mol. The summed E-state index contributed by atoms with van der Waals surface area (Å²) in [5.74, 6) is 0.931. The van der Waals surface area contributed by atoms with E-state index < -0.39 is 0 Å². The summed E-state index contributed by atoms with van der Waals surface area (Å²) in [6.45, 7) is 16.5. The molecule has 0 aromatic carbocycles. The van der Waals surface area contributed by atoms with Crippen molar-refractivity contribution in [2.75, 3.05) is 13.1 Å². The molecule has 0 N–H and O–H groups in total. The molecule has 0 aliphatic heterocycles. The molecule has 2 nitrogen and oxygen atoms in total. The Morgan fingerprint density at radius 2 is 1.71 bits per heavy atom. The van der Waals surface area contributed by atoms with Crippen LogP contribution in [0.1, 0.15) is 67.7 Å². The van der Waals surface area contributed by atoms with E-state index in [0.29, 0.717) is 11.8 Å². The zero-order valence-electron chi connectivity index (χ0n) is 15.2. The van der Waals surface area contributed by atoms with Crippen LogP contribution >= 0.6 is 0 Å². The van der Waals surface area contributed by atoms with Gasteiger partial charge in [0.2, 0.25) is 5.91 Å². The van der Waals surface area contributed by atoms with Crippen LogP contribution in [0.5, 0.6) is 0 Å². The second-order valence-corrected chi connectivity index (χ2v) is 6.82. The van der Waals surface area contributed by atoms with Crippen LogP contribution in [-0.4, -0.2) is 23.9 Å². The van der Waals surface area contributed by atoms with E-state index in [4.69, 9.17) is 0 Å². The highest BCUT2D eigenvalue weighted by Crippen LogP contribution is 2.11. The first-order chi connectivity index (χ1) is 9.77. The van der Waals surface area contributed by atoms with Crippen molar-refractivity contribution in [2.45, 2.75) is 67.7 Å². The van der Waals surface area contributed by atoms with Crippen molar-refractivity contribution >= 4 is 5.91 Å². The van der Waals surface area contributed by atoms with Gasteiger partial charge in [0.25, 0.3) is 0 Å². The molecule has 0 rings (SSSR count). The lowest BCUT2D eigenvalue weighted by molar-refractivity contribution is -0.135. The van der Waals surface area contributed by atoms with Gasteiger partial charge in [-0.25, -0.2) is 0 Å². The molecule has 122 valence electrons. The molecule has 1 atom stereocenters. The number of amides is 1. The minimum Gasteiger partial charge on any atom is -0.338 e. The number of allylic oxidation sites excluding steroid dienone is 3. The van der Waals surface area contributed by atoms with Gasteiger partial charge in [0.05, 0.1) is 0 Å². The predicted octanol–water partition coefficient (Wildman–Crippen LogP) is 5.21. The number of hydrogen-bond acceptors (Lipinski definition) is 1. The van der Waals surface area contributed by atoms with Gasteiger partial charge in [-0.2, -0.15) is 0 Å². The van der Waals surface area contributed by atoms with Crippen LogP contribution < -0.4 is 0 Å². The van der Waals surface area contributed by atoms with Gasteiger partial charge in [-0.15, -0.1) is 0 Å². The van der Waals surface area contributed by atoms with Crippen LogP contribution in [-0.2, 0) is 4.79 Å². The third kappa shape index (κ3) is 9.49. The zero-order valence-corrected chi connectivity index (χ0v) is 15.2. The van der Waals surface area contributed by atoms with Crippen LogP contribution in [0.15, 0.2) is 23.3 Å². The molecule has 0 spiro atoms. The van der Waals surface area contributed by atoms with Crippen LogP contribution in [0.4, 0.5) is 0 Å². The van der Waals surface area contributed by atoms with E-state index >= 15 is 0 Å². The maximum absolute atomic E-state index is 12.4. The molecule has 0 saturated heterocycles. The molecular weight excluding hydrogens is 258 g/mol. The van der Waals surface area contributed by atoms with Gasteiger partial charge in [0.1, 0.15) is 0 Å². The first-order valence-corrected chi connectivity index (χ1v) is 8.35. The average Bonchev–Trinajstić information content (AvgIpc) is 2.40. The third-order valence-corrected chi connectivity index (χ3v) is 3.68. The van der Waals surface area contributed by atoms with Gasteiger partial charge in [0, 0.05) is 19.0 Å². The molecule has 0 fully saturated rings. The molecule has 1 unspecified atom stereocenters. The minimum absolute atomic E-state index is 0.128. The second-order valence-electron chi connectivity index (χ2n) is 6.82. The lowest BCUT2D eigenvalue weighted by Gasteiger charge is -2.26. The molecule has 0 aliphatic carbocycles. The average molecular weight is 293 g/mol. The van der Waals surface area contributed by atoms with Crippen molar-refractivity contribution in [2.24, 2.45) is 11.8 Å². The molecule has 21 heavy (non-hydrogen) atoms. The summed E-state index contributed by atoms with van der Waals surface area (Å²) < 4.78 is 0. The van der Waals surface area contributed by atoms with E-state index in [-0.39, 0.29) is 5.92 Å². The van der Waals surface area contributed by atoms with Crippen LogP contribution in [0.2, 0.25) is 0 Å². The van der Waals surface area contributed by atoms with E-state index in [1.165, 1.54) is 11.1 Å². The Labute approximate surface area is 132 Å². The third-order valence-electron chi connectivity index (χ3n) is 3.68. The number of carbonyl (C=O) groups excluding carboxylic acids is 1. The Kier molecular flexibility index (Phi) is 10.1. The van der Waals surface area contributed by atoms with Crippen molar-refractivity contribution in [3.05, 3.63) is 23.3 Å². The molecule has 0 aliphatic rings. The number of hydrogen-bond donors (Lipinski definition) is 0. The summed E-state index contributed by atoms with van der Waals surface area (Å²) in [5, 5.41) is 0. The summed E-state index contributed by atoms with van der Waals surface area (Å²) in [6, 6.07) is 0. The van der Waals surface area contributed by atoms with Crippen LogP contribution in [0.25, 0.3) is 0 Å². The molecule has 0 bridgehead atoms. The SMILES string of the molecule is CCC(C)C(=O)N(C/C=C(/C)CCC=C(C)C)CC(C)C. The van der Waals surface area contributed by atoms with E-state index in [9.17, 15) is 4.79 Å². The standard InChI is InChI=1S/C19H35NO/c1-8-18(7)19(21)20(14-16(4)5)13-12-17(6)11-9-10-15(2)3/h10,12,16,18H,8-9,11,13-14H2,1-7H3/b17-12-. The van der Waals surface area contributed by atoms with Gasteiger partial charge in [-0.3, -0.25) is 4.79 Å². The van der Waals surface area contributed by atoms with Crippen LogP contribution in [0, 0.1) is 11.8 Å². The highest BCUT2D eigenvalue weighted by molar-refractivity contribution is 5.78. The van der Waals surface area contributed by atoms with Gasteiger partial charge < -0.3 is 4.90 Å². The Morgan fingerprint density at radius 3 is 2.19 bits per heavy atom. The Bertz CT molecular complexity index is 362. The molecule has 2 heteroatoms. The van der Waals surface area contributed by atoms with E-state index in [2.05, 4.69) is 53.7 Å². The lowest BCUT2D eigenvalue weighted by atomic mass is 10.1. The highest BCUT2D eigenvalue weighted by Gasteiger charge is 2.18. The largest absolute Gasteiger partial charge is 0.338 e. The lowest BCUT2D eigenvalue weighted by Crippen LogP contribution is -2.37. The minimum atomic E-state index is 0.128. The van der Waals surface area contributed by atoms with Crippen LogP contribution in [0.3, 0.4) is 0 Å². The van der Waals surface area contributed by atoms with E-state index in [0.717, 1.165) is 32.4 Å².